The highest BCUT2D eigenvalue weighted by Gasteiger charge is 2.19. The van der Waals surface area contributed by atoms with Gasteiger partial charge in [-0.1, -0.05) is 23.4 Å². The van der Waals surface area contributed by atoms with Crippen LogP contribution in [0.4, 0.5) is 5.13 Å². The number of ether oxygens (including phenoxy) is 1. The summed E-state index contributed by atoms with van der Waals surface area (Å²) in [5.74, 6) is 0.593. The van der Waals surface area contributed by atoms with Gasteiger partial charge in [-0.3, -0.25) is 10.1 Å². The highest BCUT2D eigenvalue weighted by atomic mass is 32.2. The number of hydrogen-bond acceptors (Lipinski definition) is 8. The number of thioether (sulfide) groups is 1. The van der Waals surface area contributed by atoms with Crippen LogP contribution >= 0.6 is 23.3 Å². The average molecular weight is 439 g/mol. The van der Waals surface area contributed by atoms with Crippen LogP contribution in [0, 0.1) is 6.92 Å². The second kappa shape index (κ2) is 8.64. The van der Waals surface area contributed by atoms with Crippen molar-refractivity contribution >= 4 is 34.3 Å². The van der Waals surface area contributed by atoms with E-state index < -0.39 is 0 Å². The Labute approximate surface area is 181 Å². The fourth-order valence-corrected chi connectivity index (χ4v) is 3.91. The van der Waals surface area contributed by atoms with E-state index in [0.29, 0.717) is 28.0 Å². The molecule has 0 aliphatic rings. The number of methoxy groups -OCH3 is 1. The summed E-state index contributed by atoms with van der Waals surface area (Å²) in [4.78, 5) is 18.1. The van der Waals surface area contributed by atoms with Crippen molar-refractivity contribution in [2.75, 3.05) is 18.7 Å². The van der Waals surface area contributed by atoms with Gasteiger partial charge in [0.1, 0.15) is 5.75 Å². The van der Waals surface area contributed by atoms with Gasteiger partial charge in [0.15, 0.2) is 11.5 Å². The van der Waals surface area contributed by atoms with Gasteiger partial charge >= 0.3 is 0 Å². The maximum atomic E-state index is 12.6. The predicted octanol–water partition coefficient (Wildman–Crippen LogP) is 4.08. The Balaban J connectivity index is 1.57. The molecular weight excluding hydrogens is 420 g/mol. The lowest BCUT2D eigenvalue weighted by Gasteiger charge is -2.06. The lowest BCUT2D eigenvalue weighted by atomic mass is 10.2. The highest BCUT2D eigenvalue weighted by Crippen LogP contribution is 2.26. The third-order valence-corrected chi connectivity index (χ3v) is 5.76. The van der Waals surface area contributed by atoms with Crippen molar-refractivity contribution in [3.63, 3.8) is 0 Å². The summed E-state index contributed by atoms with van der Waals surface area (Å²) in [6, 6.07) is 15.0. The van der Waals surface area contributed by atoms with Crippen LogP contribution < -0.4 is 10.1 Å². The normalized spacial score (nSPS) is 10.8. The number of nitrogens with one attached hydrogen (secondary N) is 1. The van der Waals surface area contributed by atoms with Gasteiger partial charge in [0.2, 0.25) is 5.13 Å². The molecule has 0 bridgehead atoms. The molecule has 0 aliphatic carbocycles. The zero-order valence-corrected chi connectivity index (χ0v) is 18.1. The molecule has 8 nitrogen and oxygen atoms in total. The molecule has 152 valence electrons. The van der Waals surface area contributed by atoms with Crippen LogP contribution in [0.25, 0.3) is 17.2 Å². The van der Waals surface area contributed by atoms with Gasteiger partial charge in [0.25, 0.3) is 5.91 Å². The molecule has 4 rings (SSSR count). The Bertz CT molecular complexity index is 1200. The van der Waals surface area contributed by atoms with E-state index in [2.05, 4.69) is 25.0 Å². The number of para-hydroxylation sites is 1. The first-order chi connectivity index (χ1) is 14.6. The van der Waals surface area contributed by atoms with Crippen LogP contribution in [-0.4, -0.2) is 43.6 Å². The van der Waals surface area contributed by atoms with E-state index in [1.54, 1.807) is 40.7 Å². The molecule has 0 saturated carbocycles. The largest absolute Gasteiger partial charge is 0.496 e. The number of benzene rings is 2. The zero-order valence-electron chi connectivity index (χ0n) is 16.5. The summed E-state index contributed by atoms with van der Waals surface area (Å²) in [7, 11) is 1.52. The lowest BCUT2D eigenvalue weighted by molar-refractivity contribution is 0.102. The van der Waals surface area contributed by atoms with Crippen LogP contribution in [-0.2, 0) is 0 Å². The molecule has 0 aliphatic heterocycles. The maximum absolute atomic E-state index is 12.6. The Kier molecular flexibility index (Phi) is 5.77. The van der Waals surface area contributed by atoms with Crippen LogP contribution in [0.1, 0.15) is 16.1 Å². The molecule has 0 saturated heterocycles. The minimum Gasteiger partial charge on any atom is -0.496 e. The highest BCUT2D eigenvalue weighted by molar-refractivity contribution is 7.98. The van der Waals surface area contributed by atoms with Crippen molar-refractivity contribution in [2.24, 2.45) is 0 Å². The molecule has 1 N–H and O–H groups in total. The van der Waals surface area contributed by atoms with Crippen molar-refractivity contribution in [2.45, 2.75) is 11.8 Å². The Morgan fingerprint density at radius 1 is 1.20 bits per heavy atom. The van der Waals surface area contributed by atoms with Crippen molar-refractivity contribution in [1.82, 2.24) is 24.4 Å². The number of carbonyl (C=O) groups excluding carboxylic acids is 1. The number of aromatic nitrogens is 5. The van der Waals surface area contributed by atoms with Crippen molar-refractivity contribution < 1.29 is 9.53 Å². The maximum Gasteiger partial charge on any atom is 0.261 e. The smallest absolute Gasteiger partial charge is 0.261 e. The predicted molar refractivity (Wildman–Crippen MR) is 118 cm³/mol. The summed E-state index contributed by atoms with van der Waals surface area (Å²) in [6.45, 7) is 1.91. The minimum absolute atomic E-state index is 0.315. The van der Waals surface area contributed by atoms with Gasteiger partial charge in [0.05, 0.1) is 24.1 Å². The number of amides is 1. The molecule has 0 fully saturated rings. The Morgan fingerprint density at radius 3 is 2.83 bits per heavy atom. The molecule has 30 heavy (non-hydrogen) atoms. The van der Waals surface area contributed by atoms with Crippen LogP contribution in [0.5, 0.6) is 5.75 Å². The minimum atomic E-state index is -0.315. The topological polar surface area (TPSA) is 94.8 Å². The molecule has 1 amide bonds. The van der Waals surface area contributed by atoms with Crippen molar-refractivity contribution in [3.8, 4) is 23.0 Å². The summed E-state index contributed by atoms with van der Waals surface area (Å²) in [5.41, 5.74) is 2.72. The molecule has 0 radical (unpaired) electrons. The first kappa shape index (κ1) is 20.0. The fourth-order valence-electron chi connectivity index (χ4n) is 2.89. The standard InChI is InChI=1S/C20H18N6O2S2/c1-12-17(23-25-26(12)13-7-6-8-14(11-13)29-3)18-21-20(30-24-18)22-19(27)15-9-4-5-10-16(15)28-2/h4-11H,1-3H3,(H,21,22,24,27). The SMILES string of the molecule is COc1ccccc1C(=O)Nc1nc(-c2nnn(-c3cccc(SC)c3)c2C)ns1. The summed E-state index contributed by atoms with van der Waals surface area (Å²) in [6.07, 6.45) is 2.03. The van der Waals surface area contributed by atoms with E-state index in [1.807, 2.05) is 37.4 Å². The molecule has 4 aromatic rings. The lowest BCUT2D eigenvalue weighted by Crippen LogP contribution is -2.12. The quantitative estimate of drug-likeness (QED) is 0.453. The Hall–Kier alpha value is -3.24. The third-order valence-electron chi connectivity index (χ3n) is 4.40. The van der Waals surface area contributed by atoms with E-state index in [9.17, 15) is 4.79 Å². The van der Waals surface area contributed by atoms with Gasteiger partial charge < -0.3 is 4.74 Å². The number of nitrogens with zero attached hydrogens (tertiary/aromatic N) is 5. The van der Waals surface area contributed by atoms with Crippen LogP contribution in [0.3, 0.4) is 0 Å². The second-order valence-electron chi connectivity index (χ2n) is 6.21. The molecule has 0 spiro atoms. The summed E-state index contributed by atoms with van der Waals surface area (Å²) in [5, 5.41) is 11.6. The molecule has 2 heterocycles. The zero-order chi connectivity index (χ0) is 21.1. The van der Waals surface area contributed by atoms with E-state index in [4.69, 9.17) is 4.74 Å². The van der Waals surface area contributed by atoms with Gasteiger partial charge in [-0.25, -0.2) is 4.68 Å². The average Bonchev–Trinajstić information content (AvgIpc) is 3.39. The first-order valence-corrected chi connectivity index (χ1v) is 11.0. The summed E-state index contributed by atoms with van der Waals surface area (Å²) < 4.78 is 11.3. The van der Waals surface area contributed by atoms with E-state index in [0.717, 1.165) is 27.8 Å². The molecule has 0 atom stereocenters. The van der Waals surface area contributed by atoms with E-state index in [1.165, 1.54) is 7.11 Å². The number of hydrogen-bond donors (Lipinski definition) is 1. The molecule has 10 heteroatoms. The van der Waals surface area contributed by atoms with Crippen LogP contribution in [0.2, 0.25) is 0 Å². The fraction of sp³-hybridized carbons (Fsp3) is 0.150. The summed E-state index contributed by atoms with van der Waals surface area (Å²) >= 11 is 2.75. The molecule has 2 aromatic heterocycles. The second-order valence-corrected chi connectivity index (χ2v) is 7.85. The van der Waals surface area contributed by atoms with Gasteiger partial charge in [0, 0.05) is 16.4 Å². The van der Waals surface area contributed by atoms with Crippen molar-refractivity contribution in [3.05, 3.63) is 59.8 Å². The number of carbonyl (C=O) groups is 1. The van der Waals surface area contributed by atoms with E-state index in [-0.39, 0.29) is 5.91 Å². The monoisotopic (exact) mass is 438 g/mol. The molecule has 2 aromatic carbocycles. The van der Waals surface area contributed by atoms with Gasteiger partial charge in [-0.15, -0.1) is 16.9 Å². The molecule has 0 unspecified atom stereocenters. The number of anilines is 1. The number of rotatable bonds is 6. The van der Waals surface area contributed by atoms with Gasteiger partial charge in [-0.2, -0.15) is 9.36 Å². The van der Waals surface area contributed by atoms with E-state index >= 15 is 0 Å². The first-order valence-electron chi connectivity index (χ1n) is 8.96. The molecular formula is C20H18N6O2S2. The van der Waals surface area contributed by atoms with Crippen LogP contribution in [0.15, 0.2) is 53.4 Å². The third kappa shape index (κ3) is 3.91. The van der Waals surface area contributed by atoms with Crippen molar-refractivity contribution in [1.29, 1.82) is 0 Å². The Morgan fingerprint density at radius 2 is 2.03 bits per heavy atom. The van der Waals surface area contributed by atoms with Gasteiger partial charge in [-0.05, 0) is 43.5 Å².